The van der Waals surface area contributed by atoms with Gasteiger partial charge < -0.3 is 0 Å². The van der Waals surface area contributed by atoms with Gasteiger partial charge >= 0.3 is 0 Å². The highest BCUT2D eigenvalue weighted by molar-refractivity contribution is 5.14. The minimum Gasteiger partial charge on any atom is -0.276 e. The number of aromatic nitrogens is 3. The van der Waals surface area contributed by atoms with Gasteiger partial charge in [-0.25, -0.2) is 4.39 Å². The van der Waals surface area contributed by atoms with Crippen molar-refractivity contribution >= 4 is 0 Å². The first-order valence-electron chi connectivity index (χ1n) is 5.25. The molecular formula is C11H14FN5. The summed E-state index contributed by atoms with van der Waals surface area (Å²) in [5, 5.41) is 4.22. The highest BCUT2D eigenvalue weighted by Crippen LogP contribution is 2.17. The van der Waals surface area contributed by atoms with Gasteiger partial charge in [0.2, 0.25) is 0 Å². The van der Waals surface area contributed by atoms with E-state index in [1.54, 1.807) is 16.9 Å². The van der Waals surface area contributed by atoms with Gasteiger partial charge in [-0.1, -0.05) is 0 Å². The van der Waals surface area contributed by atoms with Crippen LogP contribution in [0.3, 0.4) is 0 Å². The molecule has 17 heavy (non-hydrogen) atoms. The zero-order valence-corrected chi connectivity index (χ0v) is 9.47. The molecule has 0 bridgehead atoms. The average Bonchev–Trinajstić information content (AvgIpc) is 2.73. The third-order valence-electron chi connectivity index (χ3n) is 2.50. The van der Waals surface area contributed by atoms with Crippen LogP contribution < -0.4 is 11.3 Å². The Labute approximate surface area is 98.4 Å². The van der Waals surface area contributed by atoms with E-state index < -0.39 is 0 Å². The van der Waals surface area contributed by atoms with Crippen LogP contribution in [0.1, 0.15) is 17.4 Å². The highest BCUT2D eigenvalue weighted by Gasteiger charge is 2.17. The number of aryl methyl sites for hydroxylation is 1. The van der Waals surface area contributed by atoms with Gasteiger partial charge in [-0.05, 0) is 18.2 Å². The van der Waals surface area contributed by atoms with E-state index >= 15 is 0 Å². The first-order valence-corrected chi connectivity index (χ1v) is 5.25. The maximum atomic E-state index is 13.6. The monoisotopic (exact) mass is 235 g/mol. The second-order valence-corrected chi connectivity index (χ2v) is 3.77. The standard InChI is InChI=1S/C11H14FN5/c1-17-6-4-8(16-17)7-10(15-13)11-9(12)3-2-5-14-11/h2-6,10,15H,7,13H2,1H3. The second kappa shape index (κ2) is 5.03. The Morgan fingerprint density at radius 2 is 2.35 bits per heavy atom. The van der Waals surface area contributed by atoms with Gasteiger partial charge in [-0.15, -0.1) is 0 Å². The molecule has 2 rings (SSSR count). The van der Waals surface area contributed by atoms with Crippen LogP contribution in [-0.4, -0.2) is 14.8 Å². The Kier molecular flexibility index (Phi) is 3.46. The average molecular weight is 235 g/mol. The quantitative estimate of drug-likeness (QED) is 0.604. The van der Waals surface area contributed by atoms with E-state index in [2.05, 4.69) is 15.5 Å². The van der Waals surface area contributed by atoms with Crippen molar-refractivity contribution in [3.05, 3.63) is 47.8 Å². The molecule has 0 spiro atoms. The molecule has 2 heterocycles. The van der Waals surface area contributed by atoms with Crippen molar-refractivity contribution in [2.75, 3.05) is 0 Å². The van der Waals surface area contributed by atoms with Crippen molar-refractivity contribution in [1.82, 2.24) is 20.2 Å². The Balaban J connectivity index is 2.20. The molecular weight excluding hydrogens is 221 g/mol. The molecule has 0 amide bonds. The molecule has 0 aliphatic heterocycles. The van der Waals surface area contributed by atoms with Gasteiger partial charge in [-0.2, -0.15) is 5.10 Å². The number of rotatable bonds is 4. The van der Waals surface area contributed by atoms with E-state index in [-0.39, 0.29) is 11.9 Å². The molecule has 0 saturated heterocycles. The van der Waals surface area contributed by atoms with Gasteiger partial charge in [-0.3, -0.25) is 20.9 Å². The van der Waals surface area contributed by atoms with Crippen molar-refractivity contribution in [3.63, 3.8) is 0 Å². The van der Waals surface area contributed by atoms with E-state index in [9.17, 15) is 4.39 Å². The molecule has 90 valence electrons. The summed E-state index contributed by atoms with van der Waals surface area (Å²) in [5.74, 6) is 5.07. The summed E-state index contributed by atoms with van der Waals surface area (Å²) in [4.78, 5) is 4.00. The number of nitrogens with zero attached hydrogens (tertiary/aromatic N) is 3. The fourth-order valence-electron chi connectivity index (χ4n) is 1.67. The highest BCUT2D eigenvalue weighted by atomic mass is 19.1. The third kappa shape index (κ3) is 2.66. The maximum Gasteiger partial charge on any atom is 0.146 e. The van der Waals surface area contributed by atoms with Crippen molar-refractivity contribution < 1.29 is 4.39 Å². The van der Waals surface area contributed by atoms with Crippen LogP contribution in [-0.2, 0) is 13.5 Å². The lowest BCUT2D eigenvalue weighted by Crippen LogP contribution is -2.31. The number of nitrogens with two attached hydrogens (primary N) is 1. The van der Waals surface area contributed by atoms with Gasteiger partial charge in [0, 0.05) is 25.9 Å². The summed E-state index contributed by atoms with van der Waals surface area (Å²) < 4.78 is 15.2. The summed E-state index contributed by atoms with van der Waals surface area (Å²) in [7, 11) is 1.83. The number of hydrogen-bond acceptors (Lipinski definition) is 4. The predicted octanol–water partition coefficient (Wildman–Crippen LogP) is 0.701. The number of nitrogens with one attached hydrogen (secondary N) is 1. The second-order valence-electron chi connectivity index (χ2n) is 3.77. The van der Waals surface area contributed by atoms with Crippen LogP contribution in [0.2, 0.25) is 0 Å². The Bertz CT molecular complexity index is 496. The topological polar surface area (TPSA) is 68.8 Å². The molecule has 1 atom stereocenters. The smallest absolute Gasteiger partial charge is 0.146 e. The van der Waals surface area contributed by atoms with E-state index in [1.807, 2.05) is 19.3 Å². The molecule has 5 nitrogen and oxygen atoms in total. The van der Waals surface area contributed by atoms with Gasteiger partial charge in [0.1, 0.15) is 5.82 Å². The van der Waals surface area contributed by atoms with Crippen LogP contribution in [0.25, 0.3) is 0 Å². The van der Waals surface area contributed by atoms with Crippen LogP contribution in [0.4, 0.5) is 4.39 Å². The Hall–Kier alpha value is -1.79. The molecule has 0 radical (unpaired) electrons. The molecule has 0 aromatic carbocycles. The van der Waals surface area contributed by atoms with Crippen LogP contribution in [0.15, 0.2) is 30.6 Å². The normalized spacial score (nSPS) is 12.6. The molecule has 6 heteroatoms. The minimum absolute atomic E-state index is 0.306. The molecule has 0 saturated carbocycles. The summed E-state index contributed by atoms with van der Waals surface area (Å²) in [5.41, 5.74) is 3.71. The minimum atomic E-state index is -0.383. The summed E-state index contributed by atoms with van der Waals surface area (Å²) in [6.45, 7) is 0. The van der Waals surface area contributed by atoms with E-state index in [0.29, 0.717) is 12.1 Å². The molecule has 0 aliphatic carbocycles. The third-order valence-corrected chi connectivity index (χ3v) is 2.50. The lowest BCUT2D eigenvalue weighted by Gasteiger charge is -2.14. The lowest BCUT2D eigenvalue weighted by atomic mass is 10.1. The maximum absolute atomic E-state index is 13.6. The first kappa shape index (κ1) is 11.7. The van der Waals surface area contributed by atoms with Gasteiger partial charge in [0.15, 0.2) is 0 Å². The van der Waals surface area contributed by atoms with E-state index in [4.69, 9.17) is 5.84 Å². The van der Waals surface area contributed by atoms with Crippen molar-refractivity contribution in [3.8, 4) is 0 Å². The number of hydrogen-bond donors (Lipinski definition) is 2. The SMILES string of the molecule is Cn1ccc(CC(NN)c2ncccc2F)n1. The van der Waals surface area contributed by atoms with Crippen LogP contribution >= 0.6 is 0 Å². The van der Waals surface area contributed by atoms with Crippen LogP contribution in [0.5, 0.6) is 0 Å². The van der Waals surface area contributed by atoms with Crippen molar-refractivity contribution in [1.29, 1.82) is 0 Å². The molecule has 0 aliphatic rings. The fraction of sp³-hybridized carbons (Fsp3) is 0.273. The number of pyridine rings is 1. The number of hydrazine groups is 1. The zero-order chi connectivity index (χ0) is 12.3. The summed E-state index contributed by atoms with van der Waals surface area (Å²) >= 11 is 0. The molecule has 1 unspecified atom stereocenters. The zero-order valence-electron chi connectivity index (χ0n) is 9.47. The lowest BCUT2D eigenvalue weighted by molar-refractivity contribution is 0.489. The fourth-order valence-corrected chi connectivity index (χ4v) is 1.67. The van der Waals surface area contributed by atoms with Crippen LogP contribution in [0, 0.1) is 5.82 Å². The molecule has 3 N–H and O–H groups in total. The van der Waals surface area contributed by atoms with Gasteiger partial charge in [0.25, 0.3) is 0 Å². The van der Waals surface area contributed by atoms with Crippen molar-refractivity contribution in [2.45, 2.75) is 12.5 Å². The first-order chi connectivity index (χ1) is 8.20. The number of halogens is 1. The Morgan fingerprint density at radius 1 is 1.53 bits per heavy atom. The largest absolute Gasteiger partial charge is 0.276 e. The molecule has 2 aromatic heterocycles. The van der Waals surface area contributed by atoms with Gasteiger partial charge in [0.05, 0.1) is 17.4 Å². The van der Waals surface area contributed by atoms with Crippen molar-refractivity contribution in [2.24, 2.45) is 12.9 Å². The van der Waals surface area contributed by atoms with E-state index in [1.165, 1.54) is 6.07 Å². The summed E-state index contributed by atoms with van der Waals surface area (Å²) in [6.07, 6.45) is 3.87. The predicted molar refractivity (Wildman–Crippen MR) is 61.2 cm³/mol. The van der Waals surface area contributed by atoms with E-state index in [0.717, 1.165) is 5.69 Å². The molecule has 0 fully saturated rings. The Morgan fingerprint density at radius 3 is 2.94 bits per heavy atom. The summed E-state index contributed by atoms with van der Waals surface area (Å²) in [6, 6.07) is 4.40. The molecule has 2 aromatic rings.